The van der Waals surface area contributed by atoms with Gasteiger partial charge in [-0.05, 0) is 42.0 Å². The number of hydrazone groups is 1. The van der Waals surface area contributed by atoms with Gasteiger partial charge in [-0.1, -0.05) is 12.1 Å². The van der Waals surface area contributed by atoms with E-state index in [9.17, 15) is 28.2 Å². The second-order valence-corrected chi connectivity index (χ2v) is 6.16. The molecule has 0 atom stereocenters. The lowest BCUT2D eigenvalue weighted by Crippen LogP contribution is -2.18. The summed E-state index contributed by atoms with van der Waals surface area (Å²) in [5.41, 5.74) is 2.78. The topological polar surface area (TPSA) is 86.9 Å². The molecular formula is C20H16F3N3O3. The normalized spacial score (nSPS) is 11.7. The van der Waals surface area contributed by atoms with Gasteiger partial charge in [-0.2, -0.15) is 18.3 Å². The number of carbonyl (C=O) groups is 1. The van der Waals surface area contributed by atoms with Crippen LogP contribution in [0.15, 0.2) is 65.9 Å². The van der Waals surface area contributed by atoms with Crippen LogP contribution in [0.5, 0.6) is 11.5 Å². The lowest BCUT2D eigenvalue weighted by molar-refractivity contribution is -0.137. The van der Waals surface area contributed by atoms with Gasteiger partial charge in [0, 0.05) is 18.8 Å². The molecule has 29 heavy (non-hydrogen) atoms. The Kier molecular flexibility index (Phi) is 5.58. The molecule has 0 unspecified atom stereocenters. The molecule has 0 aliphatic heterocycles. The first kappa shape index (κ1) is 20.0. The largest absolute Gasteiger partial charge is 0.508 e. The summed E-state index contributed by atoms with van der Waals surface area (Å²) in [4.78, 5) is 12.0. The van der Waals surface area contributed by atoms with Gasteiger partial charge < -0.3 is 14.8 Å². The zero-order valence-electron chi connectivity index (χ0n) is 14.9. The van der Waals surface area contributed by atoms with Crippen LogP contribution in [0.1, 0.15) is 27.2 Å². The fourth-order valence-electron chi connectivity index (χ4n) is 2.61. The number of halogens is 3. The number of phenolic OH excluding ortho intramolecular Hbond substituents is 2. The Morgan fingerprint density at radius 1 is 1.10 bits per heavy atom. The first-order chi connectivity index (χ1) is 13.7. The van der Waals surface area contributed by atoms with E-state index in [-0.39, 0.29) is 17.1 Å². The van der Waals surface area contributed by atoms with Gasteiger partial charge in [0.15, 0.2) is 0 Å². The van der Waals surface area contributed by atoms with E-state index in [0.717, 1.165) is 18.2 Å². The van der Waals surface area contributed by atoms with E-state index in [4.69, 9.17) is 0 Å². The molecule has 3 N–H and O–H groups in total. The minimum atomic E-state index is -4.38. The van der Waals surface area contributed by atoms with Gasteiger partial charge in [0.25, 0.3) is 5.91 Å². The van der Waals surface area contributed by atoms with Crippen molar-refractivity contribution < 1.29 is 28.2 Å². The van der Waals surface area contributed by atoms with Gasteiger partial charge in [-0.15, -0.1) is 0 Å². The van der Waals surface area contributed by atoms with Crippen LogP contribution in [0.4, 0.5) is 13.2 Å². The molecule has 0 spiro atoms. The number of rotatable bonds is 5. The zero-order valence-corrected chi connectivity index (χ0v) is 14.9. The molecule has 2 aromatic carbocycles. The molecule has 3 rings (SSSR count). The molecule has 9 heteroatoms. The number of nitrogens with one attached hydrogen (secondary N) is 1. The summed E-state index contributed by atoms with van der Waals surface area (Å²) in [6.45, 7) is 0.319. The number of amides is 1. The number of phenols is 2. The predicted octanol–water partition coefficient (Wildman–Crippen LogP) is 3.73. The number of hydrogen-bond acceptors (Lipinski definition) is 4. The number of nitrogens with zero attached hydrogens (tertiary/aromatic N) is 2. The van der Waals surface area contributed by atoms with Crippen LogP contribution in [0.2, 0.25) is 0 Å². The molecule has 0 saturated carbocycles. The number of hydrogen-bond donors (Lipinski definition) is 3. The van der Waals surface area contributed by atoms with E-state index in [2.05, 4.69) is 10.5 Å². The van der Waals surface area contributed by atoms with Gasteiger partial charge in [-0.25, -0.2) is 5.43 Å². The Labute approximate surface area is 163 Å². The van der Waals surface area contributed by atoms with Crippen LogP contribution in [-0.2, 0) is 12.7 Å². The van der Waals surface area contributed by atoms with Crippen molar-refractivity contribution in [1.29, 1.82) is 0 Å². The minimum Gasteiger partial charge on any atom is -0.508 e. The summed E-state index contributed by atoms with van der Waals surface area (Å²) in [5, 5.41) is 22.8. The Bertz CT molecular complexity index is 1040. The third-order valence-corrected chi connectivity index (χ3v) is 4.09. The average molecular weight is 403 g/mol. The van der Waals surface area contributed by atoms with Crippen LogP contribution in [-0.4, -0.2) is 26.9 Å². The SMILES string of the molecule is O=C(N/N=C/c1cccn1Cc1ccc(C(F)(F)F)cc1)c1ccc(O)cc1O. The lowest BCUT2D eigenvalue weighted by Gasteiger charge is -2.09. The molecule has 6 nitrogen and oxygen atoms in total. The maximum absolute atomic E-state index is 12.6. The lowest BCUT2D eigenvalue weighted by atomic mass is 10.1. The van der Waals surface area contributed by atoms with Crippen molar-refractivity contribution in [3.63, 3.8) is 0 Å². The quantitative estimate of drug-likeness (QED) is 0.448. The Hall–Kier alpha value is -3.75. The smallest absolute Gasteiger partial charge is 0.416 e. The summed E-state index contributed by atoms with van der Waals surface area (Å²) in [6, 6.07) is 11.9. The number of alkyl halides is 3. The molecule has 1 heterocycles. The van der Waals surface area contributed by atoms with Crippen LogP contribution in [0, 0.1) is 0 Å². The molecule has 0 saturated heterocycles. The Morgan fingerprint density at radius 3 is 2.48 bits per heavy atom. The number of aromatic hydroxyl groups is 2. The van der Waals surface area contributed by atoms with E-state index < -0.39 is 17.6 Å². The van der Waals surface area contributed by atoms with Crippen molar-refractivity contribution in [1.82, 2.24) is 9.99 Å². The molecule has 1 amide bonds. The van der Waals surface area contributed by atoms with E-state index in [1.807, 2.05) is 0 Å². The summed E-state index contributed by atoms with van der Waals surface area (Å²) >= 11 is 0. The molecule has 1 aromatic heterocycles. The maximum Gasteiger partial charge on any atom is 0.416 e. The first-order valence-electron chi connectivity index (χ1n) is 8.41. The second-order valence-electron chi connectivity index (χ2n) is 6.16. The van der Waals surface area contributed by atoms with E-state index in [1.54, 1.807) is 22.9 Å². The number of benzene rings is 2. The van der Waals surface area contributed by atoms with Gasteiger partial charge in [-0.3, -0.25) is 4.79 Å². The fraction of sp³-hybridized carbons (Fsp3) is 0.100. The monoisotopic (exact) mass is 403 g/mol. The van der Waals surface area contributed by atoms with Crippen molar-refractivity contribution in [3.8, 4) is 11.5 Å². The second kappa shape index (κ2) is 8.09. The molecule has 3 aromatic rings. The zero-order chi connectivity index (χ0) is 21.0. The molecular weight excluding hydrogens is 387 g/mol. The van der Waals surface area contributed by atoms with Gasteiger partial charge in [0.2, 0.25) is 0 Å². The van der Waals surface area contributed by atoms with Gasteiger partial charge in [0.05, 0.1) is 23.0 Å². The molecule has 150 valence electrons. The summed E-state index contributed by atoms with van der Waals surface area (Å²) in [7, 11) is 0. The van der Waals surface area contributed by atoms with E-state index >= 15 is 0 Å². The summed E-state index contributed by atoms with van der Waals surface area (Å²) < 4.78 is 39.7. The van der Waals surface area contributed by atoms with Crippen LogP contribution in [0.3, 0.4) is 0 Å². The van der Waals surface area contributed by atoms with Crippen LogP contribution < -0.4 is 5.43 Å². The third kappa shape index (κ3) is 4.95. The van der Waals surface area contributed by atoms with Crippen molar-refractivity contribution in [2.75, 3.05) is 0 Å². The van der Waals surface area contributed by atoms with Crippen LogP contribution in [0.25, 0.3) is 0 Å². The predicted molar refractivity (Wildman–Crippen MR) is 99.8 cm³/mol. The number of carbonyl (C=O) groups excluding carboxylic acids is 1. The Morgan fingerprint density at radius 2 is 1.83 bits per heavy atom. The highest BCUT2D eigenvalue weighted by Gasteiger charge is 2.29. The first-order valence-corrected chi connectivity index (χ1v) is 8.41. The molecule has 0 bridgehead atoms. The highest BCUT2D eigenvalue weighted by Crippen LogP contribution is 2.29. The van der Waals surface area contributed by atoms with E-state index in [1.165, 1.54) is 30.5 Å². The summed E-state index contributed by atoms with van der Waals surface area (Å²) in [6.07, 6.45) is -1.28. The highest BCUT2D eigenvalue weighted by atomic mass is 19.4. The molecule has 0 aliphatic carbocycles. The van der Waals surface area contributed by atoms with Crippen molar-refractivity contribution in [2.24, 2.45) is 5.10 Å². The third-order valence-electron chi connectivity index (χ3n) is 4.09. The van der Waals surface area contributed by atoms with Crippen molar-refractivity contribution >= 4 is 12.1 Å². The standard InChI is InChI=1S/C20H16F3N3O3/c21-20(22,23)14-5-3-13(4-6-14)12-26-9-1-2-15(26)11-24-25-19(29)17-8-7-16(27)10-18(17)28/h1-11,27-28H,12H2,(H,25,29)/b24-11+. The van der Waals surface area contributed by atoms with Gasteiger partial charge >= 0.3 is 6.18 Å². The van der Waals surface area contributed by atoms with Crippen molar-refractivity contribution in [3.05, 3.63) is 83.2 Å². The molecule has 0 fully saturated rings. The van der Waals surface area contributed by atoms with E-state index in [0.29, 0.717) is 17.8 Å². The average Bonchev–Trinajstić information content (AvgIpc) is 3.08. The maximum atomic E-state index is 12.6. The van der Waals surface area contributed by atoms with Crippen LogP contribution >= 0.6 is 0 Å². The van der Waals surface area contributed by atoms with Crippen molar-refractivity contribution in [2.45, 2.75) is 12.7 Å². The summed E-state index contributed by atoms with van der Waals surface area (Å²) in [5.74, 6) is -1.23. The number of aromatic nitrogens is 1. The minimum absolute atomic E-state index is 0.0555. The Balaban J connectivity index is 1.66. The van der Waals surface area contributed by atoms with Gasteiger partial charge in [0.1, 0.15) is 11.5 Å². The highest BCUT2D eigenvalue weighted by molar-refractivity contribution is 5.97. The fourth-order valence-corrected chi connectivity index (χ4v) is 2.61. The molecule has 0 aliphatic rings. The molecule has 0 radical (unpaired) electrons.